The second-order valence-electron chi connectivity index (χ2n) is 23.5. The lowest BCUT2D eigenvalue weighted by molar-refractivity contribution is -0.267. The molecule has 2 heterocycles. The second kappa shape index (κ2) is 23.9. The zero-order valence-corrected chi connectivity index (χ0v) is 49.7. The van der Waals surface area contributed by atoms with Crippen LogP contribution in [0.5, 0.6) is 0 Å². The number of hydrogen-bond acceptors (Lipinski definition) is 9. The van der Waals surface area contributed by atoms with Crippen LogP contribution in [0, 0.1) is 0 Å². The van der Waals surface area contributed by atoms with E-state index in [1.807, 2.05) is 30.4 Å². The molecule has 0 radical (unpaired) electrons. The van der Waals surface area contributed by atoms with Crippen molar-refractivity contribution in [3.05, 3.63) is 59.1 Å². The average molecular weight is 1040 g/mol. The zero-order valence-electron chi connectivity index (χ0n) is 44.1. The highest BCUT2D eigenvalue weighted by atomic mass is 79.9. The Morgan fingerprint density at radius 1 is 0.800 bits per heavy atom. The Labute approximate surface area is 409 Å². The van der Waals surface area contributed by atoms with E-state index in [0.717, 1.165) is 41.9 Å². The summed E-state index contributed by atoms with van der Waals surface area (Å²) in [5.74, 6) is -0.397. The first-order chi connectivity index (χ1) is 29.8. The summed E-state index contributed by atoms with van der Waals surface area (Å²) < 4.78 is 50.8. The molecule has 0 bridgehead atoms. The van der Waals surface area contributed by atoms with E-state index in [1.54, 1.807) is 12.1 Å². The molecule has 0 aromatic heterocycles. The van der Waals surface area contributed by atoms with Crippen LogP contribution in [0.25, 0.3) is 0 Å². The third-order valence-corrected chi connectivity index (χ3v) is 34.1. The first-order valence-electron chi connectivity index (χ1n) is 24.8. The minimum absolute atomic E-state index is 0.0273. The molecular formula is C51H93BrO9Si4. The standard InChI is InChI=1S/C51H93BrO9Si4/c1-20-65(21-2,22-3)55-35-34-40-31-33-42-44(56-40)46(60-63(16,17)50(8,9)10)47(61-64(18,19)51(11,12)13)45(58-42)43(59-62(14,15)49(5,6)7)32-29-39(53)28-30-41(36-37(4)52)57-48(54)38-26-24-23-25-27-38/h23-27,29,32,39-47,53H,4,20-22,28,30-31,33-36H2,1-3,5-19H3/t39?,40-,41-,42+,43+,44+,45+,46+,47-/m1/s1. The zero-order chi connectivity index (χ0) is 49.4. The normalized spacial score (nSPS) is 24.4. The van der Waals surface area contributed by atoms with Gasteiger partial charge in [-0.05, 0) is 121 Å². The molecule has 0 aliphatic carbocycles. The molecular weight excluding hydrogens is 949 g/mol. The number of carbonyl (C=O) groups excluding carboxylic acids is 1. The molecule has 1 aromatic carbocycles. The lowest BCUT2D eigenvalue weighted by Gasteiger charge is -2.56. The van der Waals surface area contributed by atoms with E-state index in [9.17, 15) is 9.90 Å². The number of carbonyl (C=O) groups is 1. The lowest BCUT2D eigenvalue weighted by Crippen LogP contribution is -2.69. The second-order valence-corrected chi connectivity index (χ2v) is 43.7. The minimum Gasteiger partial charge on any atom is -0.458 e. The van der Waals surface area contributed by atoms with Crippen molar-refractivity contribution in [2.75, 3.05) is 6.61 Å². The van der Waals surface area contributed by atoms with Gasteiger partial charge >= 0.3 is 5.97 Å². The number of halogens is 1. The van der Waals surface area contributed by atoms with Crippen molar-refractivity contribution in [2.24, 2.45) is 0 Å². The van der Waals surface area contributed by atoms with E-state index in [2.05, 4.69) is 145 Å². The maximum absolute atomic E-state index is 13.1. The monoisotopic (exact) mass is 1040 g/mol. The fourth-order valence-corrected chi connectivity index (χ4v) is 14.8. The molecule has 2 aliphatic heterocycles. The Hall–Kier alpha value is -0.762. The van der Waals surface area contributed by atoms with Crippen LogP contribution >= 0.6 is 15.9 Å². The van der Waals surface area contributed by atoms with Crippen LogP contribution in [0.4, 0.5) is 0 Å². The van der Waals surface area contributed by atoms with Crippen molar-refractivity contribution in [3.63, 3.8) is 0 Å². The van der Waals surface area contributed by atoms with E-state index in [4.69, 9.17) is 31.9 Å². The van der Waals surface area contributed by atoms with Gasteiger partial charge in [0.25, 0.3) is 0 Å². The van der Waals surface area contributed by atoms with Gasteiger partial charge in [0.2, 0.25) is 0 Å². The third-order valence-electron chi connectivity index (χ3n) is 15.6. The Balaban J connectivity index is 2.11. The summed E-state index contributed by atoms with van der Waals surface area (Å²) in [6.07, 6.45) is 3.79. The highest BCUT2D eigenvalue weighted by Crippen LogP contribution is 2.47. The molecule has 14 heteroatoms. The highest BCUT2D eigenvalue weighted by Gasteiger charge is 2.58. The summed E-state index contributed by atoms with van der Waals surface area (Å²) in [6.45, 7) is 45.8. The molecule has 0 spiro atoms. The summed E-state index contributed by atoms with van der Waals surface area (Å²) in [7, 11) is -9.09. The van der Waals surface area contributed by atoms with Gasteiger partial charge < -0.3 is 37.0 Å². The number of hydrogen-bond donors (Lipinski definition) is 1. The van der Waals surface area contributed by atoms with Gasteiger partial charge in [0.15, 0.2) is 33.3 Å². The minimum atomic E-state index is -2.47. The van der Waals surface area contributed by atoms with Crippen LogP contribution in [0.2, 0.25) is 72.5 Å². The highest BCUT2D eigenvalue weighted by molar-refractivity contribution is 9.11. The SMILES string of the molecule is C=C(Br)C[C@@H](CCC(O)C=C[C@H](O[Si](C)(C)C(C)(C)C)[C@@H]1O[C@H]2CC[C@H](CCO[Si](CC)(CC)CC)O[C@@H]2[C@H](O[Si](C)(C)C(C)(C)C)[C@@H]1O[Si](C)(C)C(C)(C)C)OC(=O)c1ccccc1. The van der Waals surface area contributed by atoms with Crippen molar-refractivity contribution >= 4 is 55.2 Å². The molecule has 1 unspecified atom stereocenters. The van der Waals surface area contributed by atoms with Crippen molar-refractivity contribution in [1.29, 1.82) is 0 Å². The van der Waals surface area contributed by atoms with E-state index < -0.39 is 75.9 Å². The Morgan fingerprint density at radius 3 is 1.85 bits per heavy atom. The molecule has 2 fully saturated rings. The van der Waals surface area contributed by atoms with E-state index in [-0.39, 0.29) is 33.4 Å². The van der Waals surface area contributed by atoms with Gasteiger partial charge in [-0.1, -0.05) is 136 Å². The van der Waals surface area contributed by atoms with Gasteiger partial charge in [0.1, 0.15) is 30.5 Å². The van der Waals surface area contributed by atoms with Crippen molar-refractivity contribution in [2.45, 2.75) is 249 Å². The molecule has 1 aromatic rings. The molecule has 374 valence electrons. The van der Waals surface area contributed by atoms with Crippen LogP contribution in [-0.2, 0) is 31.9 Å². The molecule has 1 N–H and O–H groups in total. The topological polar surface area (TPSA) is 102 Å². The predicted molar refractivity (Wildman–Crippen MR) is 283 cm³/mol. The Bertz CT molecular complexity index is 1660. The van der Waals surface area contributed by atoms with Gasteiger partial charge in [0, 0.05) is 13.0 Å². The molecule has 9 nitrogen and oxygen atoms in total. The molecule has 3 rings (SSSR count). The van der Waals surface area contributed by atoms with Crippen LogP contribution in [0.1, 0.15) is 132 Å². The van der Waals surface area contributed by atoms with Crippen LogP contribution in [-0.4, -0.2) is 106 Å². The quantitative estimate of drug-likeness (QED) is 0.0652. The Kier molecular flexibility index (Phi) is 21.5. The molecule has 65 heavy (non-hydrogen) atoms. The van der Waals surface area contributed by atoms with Crippen molar-refractivity contribution < 1.29 is 41.8 Å². The van der Waals surface area contributed by atoms with Crippen molar-refractivity contribution in [1.82, 2.24) is 0 Å². The van der Waals surface area contributed by atoms with E-state index in [1.165, 1.54) is 0 Å². The van der Waals surface area contributed by atoms with E-state index >= 15 is 0 Å². The summed E-state index contributed by atoms with van der Waals surface area (Å²) >= 11 is 3.47. The summed E-state index contributed by atoms with van der Waals surface area (Å²) in [5.41, 5.74) is 0.486. The van der Waals surface area contributed by atoms with Gasteiger partial charge in [-0.25, -0.2) is 4.79 Å². The Morgan fingerprint density at radius 2 is 1.34 bits per heavy atom. The number of benzene rings is 1. The van der Waals surface area contributed by atoms with Gasteiger partial charge in [-0.15, -0.1) is 0 Å². The molecule has 9 atom stereocenters. The maximum atomic E-state index is 13.1. The van der Waals surface area contributed by atoms with Gasteiger partial charge in [0.05, 0.1) is 30.0 Å². The van der Waals surface area contributed by atoms with Gasteiger partial charge in [-0.2, -0.15) is 0 Å². The third kappa shape index (κ3) is 16.4. The number of rotatable bonds is 23. The lowest BCUT2D eigenvalue weighted by atomic mass is 9.87. The number of aliphatic hydroxyl groups is 1. The fraction of sp³-hybridized carbons (Fsp3) is 0.784. The van der Waals surface area contributed by atoms with Crippen molar-refractivity contribution in [3.8, 4) is 0 Å². The van der Waals surface area contributed by atoms with Gasteiger partial charge in [-0.3, -0.25) is 0 Å². The molecule has 2 aliphatic rings. The number of esters is 1. The summed E-state index contributed by atoms with van der Waals surface area (Å²) in [5, 5.41) is 11.4. The van der Waals surface area contributed by atoms with Crippen LogP contribution in [0.3, 0.4) is 0 Å². The largest absolute Gasteiger partial charge is 0.458 e. The summed E-state index contributed by atoms with van der Waals surface area (Å²) in [4.78, 5) is 13.1. The van der Waals surface area contributed by atoms with Crippen LogP contribution < -0.4 is 0 Å². The van der Waals surface area contributed by atoms with Crippen LogP contribution in [0.15, 0.2) is 53.5 Å². The van der Waals surface area contributed by atoms with E-state index in [0.29, 0.717) is 31.4 Å². The molecule has 0 amide bonds. The first-order valence-corrected chi connectivity index (χ1v) is 36.8. The number of fused-ring (bicyclic) bond motifs is 1. The fourth-order valence-electron chi connectivity index (χ4n) is 7.89. The average Bonchev–Trinajstić information content (AvgIpc) is 3.19. The number of ether oxygens (including phenoxy) is 3. The molecule has 0 saturated carbocycles. The molecule has 2 saturated heterocycles. The smallest absolute Gasteiger partial charge is 0.338 e. The number of aliphatic hydroxyl groups excluding tert-OH is 1. The summed E-state index contributed by atoms with van der Waals surface area (Å²) in [6, 6.07) is 12.4. The first kappa shape index (κ1) is 58.6. The maximum Gasteiger partial charge on any atom is 0.338 e. The predicted octanol–water partition coefficient (Wildman–Crippen LogP) is 14.1.